The van der Waals surface area contributed by atoms with E-state index in [0.29, 0.717) is 11.1 Å². The Morgan fingerprint density at radius 2 is 1.83 bits per heavy atom. The van der Waals surface area contributed by atoms with Crippen molar-refractivity contribution in [3.8, 4) is 0 Å². The SMILES string of the molecule is Cn1cc2cc(C(NC(=O)Cc3cc(=O)[nH]o3)C(=O)Nc3cc(F)c(C(C)(C)C)c(F)c3)ccc2n1. The van der Waals surface area contributed by atoms with Gasteiger partial charge in [0.15, 0.2) is 0 Å². The van der Waals surface area contributed by atoms with E-state index >= 15 is 0 Å². The Hall–Kier alpha value is -4.28. The lowest BCUT2D eigenvalue weighted by molar-refractivity contribution is -0.126. The summed E-state index contributed by atoms with van der Waals surface area (Å²) in [7, 11) is 1.75. The summed E-state index contributed by atoms with van der Waals surface area (Å²) in [5.41, 5.74) is -0.370. The number of hydrogen-bond donors (Lipinski definition) is 3. The fourth-order valence-electron chi connectivity index (χ4n) is 4.00. The van der Waals surface area contributed by atoms with E-state index in [4.69, 9.17) is 4.52 Å². The Balaban J connectivity index is 1.64. The molecule has 4 rings (SSSR count). The van der Waals surface area contributed by atoms with Crippen LogP contribution in [-0.4, -0.2) is 26.8 Å². The molecule has 0 radical (unpaired) electrons. The zero-order chi connectivity index (χ0) is 26.2. The summed E-state index contributed by atoms with van der Waals surface area (Å²) < 4.78 is 35.9. The molecule has 4 aromatic rings. The third-order valence-electron chi connectivity index (χ3n) is 5.51. The van der Waals surface area contributed by atoms with Crippen LogP contribution in [-0.2, 0) is 28.5 Å². The number of aryl methyl sites for hydroxylation is 1. The normalized spacial score (nSPS) is 12.5. The number of aromatic amines is 1. The molecule has 0 bridgehead atoms. The monoisotopic (exact) mass is 497 g/mol. The number of fused-ring (bicyclic) bond motifs is 1. The second-order valence-electron chi connectivity index (χ2n) is 9.53. The first-order valence-electron chi connectivity index (χ1n) is 11.1. The van der Waals surface area contributed by atoms with Crippen LogP contribution in [0.15, 0.2) is 51.9 Å². The van der Waals surface area contributed by atoms with Gasteiger partial charge in [-0.05, 0) is 35.2 Å². The number of aromatic nitrogens is 3. The number of hydrogen-bond acceptors (Lipinski definition) is 5. The summed E-state index contributed by atoms with van der Waals surface area (Å²) in [6.07, 6.45) is 1.45. The van der Waals surface area contributed by atoms with Crippen LogP contribution in [0.2, 0.25) is 0 Å². The first kappa shape index (κ1) is 24.8. The minimum absolute atomic E-state index is 0.0845. The molecule has 1 atom stereocenters. The third kappa shape index (κ3) is 5.35. The Labute approximate surface area is 204 Å². The molecule has 0 aliphatic rings. The molecule has 11 heteroatoms. The molecule has 188 valence electrons. The molecule has 0 saturated carbocycles. The van der Waals surface area contributed by atoms with E-state index in [0.717, 1.165) is 23.6 Å². The summed E-state index contributed by atoms with van der Waals surface area (Å²) in [6.45, 7) is 5.04. The van der Waals surface area contributed by atoms with Gasteiger partial charge in [-0.1, -0.05) is 26.8 Å². The second kappa shape index (κ2) is 9.40. The number of nitrogens with zero attached hydrogens (tertiary/aromatic N) is 2. The van der Waals surface area contributed by atoms with Crippen LogP contribution in [0.3, 0.4) is 0 Å². The number of nitrogens with one attached hydrogen (secondary N) is 3. The van der Waals surface area contributed by atoms with E-state index in [1.165, 1.54) is 0 Å². The molecule has 2 heterocycles. The summed E-state index contributed by atoms with van der Waals surface area (Å²) in [4.78, 5) is 37.2. The van der Waals surface area contributed by atoms with Gasteiger partial charge >= 0.3 is 0 Å². The van der Waals surface area contributed by atoms with E-state index in [-0.39, 0.29) is 23.4 Å². The molecule has 0 aliphatic carbocycles. The average molecular weight is 498 g/mol. The summed E-state index contributed by atoms with van der Waals surface area (Å²) in [5.74, 6) is -2.83. The molecule has 2 aromatic carbocycles. The van der Waals surface area contributed by atoms with Gasteiger partial charge in [0, 0.05) is 35.9 Å². The molecule has 9 nitrogen and oxygen atoms in total. The van der Waals surface area contributed by atoms with E-state index in [1.807, 2.05) is 0 Å². The van der Waals surface area contributed by atoms with Crippen LogP contribution in [0.25, 0.3) is 10.9 Å². The first-order valence-corrected chi connectivity index (χ1v) is 11.1. The maximum atomic E-state index is 14.7. The summed E-state index contributed by atoms with van der Waals surface area (Å²) in [6, 6.07) is 6.99. The van der Waals surface area contributed by atoms with Crippen molar-refractivity contribution in [1.29, 1.82) is 0 Å². The van der Waals surface area contributed by atoms with E-state index in [2.05, 4.69) is 20.9 Å². The van der Waals surface area contributed by atoms with Crippen molar-refractivity contribution in [3.63, 3.8) is 0 Å². The van der Waals surface area contributed by atoms with Gasteiger partial charge in [0.2, 0.25) is 5.91 Å². The van der Waals surface area contributed by atoms with Crippen molar-refractivity contribution in [2.45, 2.75) is 38.6 Å². The number of benzene rings is 2. The highest BCUT2D eigenvalue weighted by Crippen LogP contribution is 2.30. The van der Waals surface area contributed by atoms with Crippen LogP contribution < -0.4 is 16.2 Å². The fourth-order valence-corrected chi connectivity index (χ4v) is 4.00. The lowest BCUT2D eigenvalue weighted by atomic mass is 9.86. The third-order valence-corrected chi connectivity index (χ3v) is 5.51. The Morgan fingerprint density at radius 3 is 2.44 bits per heavy atom. The lowest BCUT2D eigenvalue weighted by Crippen LogP contribution is -2.37. The molecule has 0 aliphatic heterocycles. The molecule has 0 saturated heterocycles. The molecule has 36 heavy (non-hydrogen) atoms. The summed E-state index contributed by atoms with van der Waals surface area (Å²) >= 11 is 0. The smallest absolute Gasteiger partial charge is 0.280 e. The van der Waals surface area contributed by atoms with Crippen molar-refractivity contribution in [1.82, 2.24) is 20.3 Å². The van der Waals surface area contributed by atoms with Crippen molar-refractivity contribution in [2.24, 2.45) is 7.05 Å². The zero-order valence-electron chi connectivity index (χ0n) is 20.1. The maximum absolute atomic E-state index is 14.7. The van der Waals surface area contributed by atoms with Gasteiger partial charge < -0.3 is 15.2 Å². The minimum atomic E-state index is -1.22. The van der Waals surface area contributed by atoms with Gasteiger partial charge in [0.1, 0.15) is 23.4 Å². The molecular weight excluding hydrogens is 472 g/mol. The van der Waals surface area contributed by atoms with Crippen molar-refractivity contribution in [2.75, 3.05) is 5.32 Å². The topological polar surface area (TPSA) is 122 Å². The predicted octanol–water partition coefficient (Wildman–Crippen LogP) is 3.47. The quantitative estimate of drug-likeness (QED) is 0.377. The molecular formula is C25H25F2N5O4. The van der Waals surface area contributed by atoms with Gasteiger partial charge in [-0.3, -0.25) is 19.1 Å². The van der Waals surface area contributed by atoms with E-state index < -0.39 is 40.5 Å². The highest BCUT2D eigenvalue weighted by atomic mass is 19.1. The Morgan fingerprint density at radius 1 is 1.14 bits per heavy atom. The average Bonchev–Trinajstić information content (AvgIpc) is 3.33. The van der Waals surface area contributed by atoms with Crippen LogP contribution in [0.5, 0.6) is 0 Å². The van der Waals surface area contributed by atoms with Gasteiger partial charge in [0.25, 0.3) is 11.5 Å². The van der Waals surface area contributed by atoms with Gasteiger partial charge in [-0.2, -0.15) is 10.3 Å². The standard InChI is InChI=1S/C25H25F2N5O4/c1-25(2,3)22-17(26)8-15(9-18(22)27)28-24(35)23(29-20(33)10-16-11-21(34)31-36-16)13-5-6-19-14(7-13)12-32(4)30-19/h5-9,11-12,23H,10H2,1-4H3,(H,28,35)(H,29,33)(H,31,34). The maximum Gasteiger partial charge on any atom is 0.280 e. The van der Waals surface area contributed by atoms with Gasteiger partial charge in [-0.15, -0.1) is 0 Å². The number of H-pyrrole nitrogens is 1. The molecule has 2 amide bonds. The van der Waals surface area contributed by atoms with Crippen LogP contribution >= 0.6 is 0 Å². The summed E-state index contributed by atoms with van der Waals surface area (Å²) in [5, 5.41) is 12.2. The van der Waals surface area contributed by atoms with Crippen molar-refractivity contribution >= 4 is 28.4 Å². The molecule has 0 fully saturated rings. The van der Waals surface area contributed by atoms with Crippen LogP contribution in [0, 0.1) is 11.6 Å². The number of rotatable bonds is 6. The number of halogens is 2. The highest BCUT2D eigenvalue weighted by molar-refractivity contribution is 5.98. The van der Waals surface area contributed by atoms with Gasteiger partial charge in [-0.25, -0.2) is 8.78 Å². The molecule has 2 aromatic heterocycles. The zero-order valence-corrected chi connectivity index (χ0v) is 20.1. The number of carbonyl (C=O) groups is 2. The number of anilines is 1. The first-order chi connectivity index (χ1) is 16.9. The van der Waals surface area contributed by atoms with Crippen molar-refractivity contribution < 1.29 is 22.9 Å². The largest absolute Gasteiger partial charge is 0.383 e. The van der Waals surface area contributed by atoms with Crippen LogP contribution in [0.4, 0.5) is 14.5 Å². The Kier molecular flexibility index (Phi) is 6.49. The fraction of sp³-hybridized carbons (Fsp3) is 0.280. The van der Waals surface area contributed by atoms with Crippen LogP contribution in [0.1, 0.15) is 43.7 Å². The van der Waals surface area contributed by atoms with Crippen molar-refractivity contribution in [3.05, 3.63) is 81.5 Å². The van der Waals surface area contributed by atoms with E-state index in [9.17, 15) is 23.2 Å². The molecule has 1 unspecified atom stereocenters. The molecule has 3 N–H and O–H groups in total. The lowest BCUT2D eigenvalue weighted by Gasteiger charge is -2.22. The number of amides is 2. The second-order valence-corrected chi connectivity index (χ2v) is 9.53. The predicted molar refractivity (Wildman–Crippen MR) is 128 cm³/mol. The minimum Gasteiger partial charge on any atom is -0.383 e. The number of carbonyl (C=O) groups excluding carboxylic acids is 2. The highest BCUT2D eigenvalue weighted by Gasteiger charge is 2.27. The van der Waals surface area contributed by atoms with Gasteiger partial charge in [0.05, 0.1) is 11.9 Å². The van der Waals surface area contributed by atoms with E-state index in [1.54, 1.807) is 56.9 Å². The Bertz CT molecular complexity index is 1490. The molecule has 0 spiro atoms.